The maximum Gasteiger partial charge on any atom is 0.151 e. The number of methoxy groups -OCH3 is 1. The first-order valence-corrected chi connectivity index (χ1v) is 8.37. The van der Waals surface area contributed by atoms with Crippen LogP contribution in [-0.4, -0.2) is 23.0 Å². The molecule has 2 aromatic carbocycles. The number of ether oxygens (including phenoxy) is 1. The van der Waals surface area contributed by atoms with Gasteiger partial charge in [-0.15, -0.1) is 11.3 Å². The molecule has 3 nitrogen and oxygen atoms in total. The Kier molecular flexibility index (Phi) is 4.43. The van der Waals surface area contributed by atoms with Crippen molar-refractivity contribution in [1.82, 2.24) is 4.98 Å². The van der Waals surface area contributed by atoms with Crippen molar-refractivity contribution in [2.24, 2.45) is 0 Å². The fourth-order valence-electron chi connectivity index (χ4n) is 2.01. The van der Waals surface area contributed by atoms with Crippen LogP contribution in [0.2, 0.25) is 0 Å². The van der Waals surface area contributed by atoms with Crippen molar-refractivity contribution in [3.8, 4) is 5.75 Å². The largest absolute Gasteiger partial charge is 0.497 e. The van der Waals surface area contributed by atoms with Crippen LogP contribution in [0.4, 0.5) is 0 Å². The second-order valence-corrected chi connectivity index (χ2v) is 6.85. The number of hydrogen-bond acceptors (Lipinski definition) is 5. The number of aromatic nitrogens is 1. The number of benzene rings is 2. The number of aliphatic hydroxyl groups excluding tert-OH is 1. The topological polar surface area (TPSA) is 42.4 Å². The zero-order valence-corrected chi connectivity index (χ0v) is 13.2. The highest BCUT2D eigenvalue weighted by Crippen LogP contribution is 2.32. The summed E-state index contributed by atoms with van der Waals surface area (Å²) >= 11 is 3.24. The zero-order chi connectivity index (χ0) is 14.7. The van der Waals surface area contributed by atoms with Gasteiger partial charge in [-0.1, -0.05) is 36.0 Å². The summed E-state index contributed by atoms with van der Waals surface area (Å²) in [5.74, 6) is 1.34. The molecule has 5 heteroatoms. The molecule has 0 aliphatic rings. The van der Waals surface area contributed by atoms with Gasteiger partial charge in [0.2, 0.25) is 0 Å². The third-order valence-electron chi connectivity index (χ3n) is 3.12. The van der Waals surface area contributed by atoms with Crippen LogP contribution in [0.1, 0.15) is 11.7 Å². The van der Waals surface area contributed by atoms with Gasteiger partial charge >= 0.3 is 0 Å². The molecule has 1 unspecified atom stereocenters. The molecule has 3 aromatic rings. The summed E-state index contributed by atoms with van der Waals surface area (Å²) in [6.07, 6.45) is -0.530. The molecule has 0 aliphatic heterocycles. The molecular formula is C16H15NO2S2. The Hall–Kier alpha value is -1.56. The van der Waals surface area contributed by atoms with E-state index in [1.54, 1.807) is 30.2 Å². The maximum atomic E-state index is 10.3. The lowest BCUT2D eigenvalue weighted by Gasteiger charge is -2.10. The Morgan fingerprint density at radius 1 is 1.24 bits per heavy atom. The Bertz CT molecular complexity index is 709. The van der Waals surface area contributed by atoms with Gasteiger partial charge in [-0.3, -0.25) is 0 Å². The summed E-state index contributed by atoms with van der Waals surface area (Å²) in [5, 5.41) is 10.3. The van der Waals surface area contributed by atoms with Crippen molar-refractivity contribution >= 4 is 33.3 Å². The lowest BCUT2D eigenvalue weighted by Crippen LogP contribution is -2.00. The highest BCUT2D eigenvalue weighted by atomic mass is 32.2. The number of hydrogen-bond donors (Lipinski definition) is 1. The summed E-state index contributed by atoms with van der Waals surface area (Å²) in [7, 11) is 1.63. The third-order valence-corrected chi connectivity index (χ3v) is 5.37. The average molecular weight is 317 g/mol. The van der Waals surface area contributed by atoms with Gasteiger partial charge in [-0.25, -0.2) is 4.98 Å². The monoisotopic (exact) mass is 317 g/mol. The van der Waals surface area contributed by atoms with E-state index in [-0.39, 0.29) is 0 Å². The maximum absolute atomic E-state index is 10.3. The normalized spacial score (nSPS) is 12.5. The first-order valence-electron chi connectivity index (χ1n) is 6.56. The summed E-state index contributed by atoms with van der Waals surface area (Å²) in [6.45, 7) is 0. The molecular weight excluding hydrogens is 302 g/mol. The van der Waals surface area contributed by atoms with Crippen LogP contribution in [0.3, 0.4) is 0 Å². The van der Waals surface area contributed by atoms with Gasteiger partial charge < -0.3 is 9.84 Å². The van der Waals surface area contributed by atoms with Crippen molar-refractivity contribution < 1.29 is 9.84 Å². The molecule has 1 atom stereocenters. The smallest absolute Gasteiger partial charge is 0.151 e. The Labute approximate surface area is 131 Å². The first kappa shape index (κ1) is 14.4. The van der Waals surface area contributed by atoms with Crippen LogP contribution in [0.15, 0.2) is 52.9 Å². The van der Waals surface area contributed by atoms with Crippen LogP contribution >= 0.6 is 23.1 Å². The molecule has 1 aromatic heterocycles. The molecule has 21 heavy (non-hydrogen) atoms. The molecule has 0 amide bonds. The second-order valence-electron chi connectivity index (χ2n) is 4.55. The van der Waals surface area contributed by atoms with E-state index >= 15 is 0 Å². The number of thiazole rings is 1. The number of nitrogens with zero attached hydrogens (tertiary/aromatic N) is 1. The molecule has 1 N–H and O–H groups in total. The molecule has 0 saturated heterocycles. The number of fused-ring (bicyclic) bond motifs is 1. The lowest BCUT2D eigenvalue weighted by molar-refractivity contribution is 0.203. The molecule has 0 spiro atoms. The van der Waals surface area contributed by atoms with Gasteiger partial charge in [0, 0.05) is 5.75 Å². The molecule has 0 saturated carbocycles. The Balaban J connectivity index is 1.68. The summed E-state index contributed by atoms with van der Waals surface area (Å²) in [5.41, 5.74) is 1.88. The van der Waals surface area contributed by atoms with Gasteiger partial charge in [0.1, 0.15) is 5.75 Å². The molecule has 3 rings (SSSR count). The Morgan fingerprint density at radius 2 is 2.10 bits per heavy atom. The Morgan fingerprint density at radius 3 is 2.90 bits per heavy atom. The van der Waals surface area contributed by atoms with Crippen molar-refractivity contribution in [3.05, 3.63) is 54.1 Å². The standard InChI is InChI=1S/C16H15NO2S2/c1-19-12-6-4-5-11(9-12)14(18)10-20-16-17-13-7-2-3-8-15(13)21-16/h2-9,14,18H,10H2,1H3. The quantitative estimate of drug-likeness (QED) is 0.719. The summed E-state index contributed by atoms with van der Waals surface area (Å²) in [6, 6.07) is 15.6. The summed E-state index contributed by atoms with van der Waals surface area (Å²) in [4.78, 5) is 4.56. The van der Waals surface area contributed by atoms with Gasteiger partial charge in [-0.2, -0.15) is 0 Å². The molecule has 0 bridgehead atoms. The SMILES string of the molecule is COc1cccc(C(O)CSc2nc3ccccc3s2)c1. The third kappa shape index (κ3) is 3.37. The van der Waals surface area contributed by atoms with E-state index in [9.17, 15) is 5.11 Å². The van der Waals surface area contributed by atoms with E-state index in [0.29, 0.717) is 5.75 Å². The van der Waals surface area contributed by atoms with E-state index < -0.39 is 6.10 Å². The van der Waals surface area contributed by atoms with E-state index in [2.05, 4.69) is 11.1 Å². The van der Waals surface area contributed by atoms with Crippen LogP contribution in [0.25, 0.3) is 10.2 Å². The minimum absolute atomic E-state index is 0.530. The van der Waals surface area contributed by atoms with E-state index in [1.807, 2.05) is 42.5 Å². The number of rotatable bonds is 5. The van der Waals surface area contributed by atoms with Crippen LogP contribution in [0.5, 0.6) is 5.75 Å². The highest BCUT2D eigenvalue weighted by Gasteiger charge is 2.11. The van der Waals surface area contributed by atoms with Crippen LogP contribution < -0.4 is 4.74 Å². The molecule has 0 radical (unpaired) electrons. The fourth-order valence-corrected chi connectivity index (χ4v) is 4.07. The van der Waals surface area contributed by atoms with Gasteiger partial charge in [0.05, 0.1) is 23.4 Å². The van der Waals surface area contributed by atoms with Crippen LogP contribution in [0, 0.1) is 0 Å². The molecule has 108 valence electrons. The van der Waals surface area contributed by atoms with Crippen molar-refractivity contribution in [2.45, 2.75) is 10.4 Å². The van der Waals surface area contributed by atoms with Crippen molar-refractivity contribution in [3.63, 3.8) is 0 Å². The lowest BCUT2D eigenvalue weighted by atomic mass is 10.1. The predicted molar refractivity (Wildman–Crippen MR) is 88.3 cm³/mol. The average Bonchev–Trinajstić information content (AvgIpc) is 2.95. The minimum atomic E-state index is -0.530. The number of para-hydroxylation sites is 1. The van der Waals surface area contributed by atoms with Gasteiger partial charge in [0.25, 0.3) is 0 Å². The van der Waals surface area contributed by atoms with E-state index in [1.165, 1.54) is 4.70 Å². The van der Waals surface area contributed by atoms with Crippen molar-refractivity contribution in [2.75, 3.05) is 12.9 Å². The predicted octanol–water partition coefficient (Wildman–Crippen LogP) is 4.13. The summed E-state index contributed by atoms with van der Waals surface area (Å²) < 4.78 is 7.34. The molecule has 0 fully saturated rings. The zero-order valence-electron chi connectivity index (χ0n) is 11.5. The van der Waals surface area contributed by atoms with Gasteiger partial charge in [0.15, 0.2) is 4.34 Å². The molecule has 0 aliphatic carbocycles. The van der Waals surface area contributed by atoms with E-state index in [4.69, 9.17) is 4.74 Å². The number of thioether (sulfide) groups is 1. The molecule has 1 heterocycles. The minimum Gasteiger partial charge on any atom is -0.497 e. The second kappa shape index (κ2) is 6.47. The fraction of sp³-hybridized carbons (Fsp3) is 0.188. The first-order chi connectivity index (χ1) is 10.3. The van der Waals surface area contributed by atoms with E-state index in [0.717, 1.165) is 21.2 Å². The number of aliphatic hydroxyl groups is 1. The van der Waals surface area contributed by atoms with Gasteiger partial charge in [-0.05, 0) is 29.8 Å². The van der Waals surface area contributed by atoms with Crippen molar-refractivity contribution in [1.29, 1.82) is 0 Å². The van der Waals surface area contributed by atoms with Crippen LogP contribution in [-0.2, 0) is 0 Å². The highest BCUT2D eigenvalue weighted by molar-refractivity contribution is 8.01.